The molecule has 29 heavy (non-hydrogen) atoms. The third kappa shape index (κ3) is 6.01. The number of carbonyl (C=O) groups excluding carboxylic acids is 1. The first-order valence-electron chi connectivity index (χ1n) is 10.2. The minimum atomic E-state index is -0.253. The SMILES string of the molecule is CC1NNC(C)C1CCC(=O)NCCC(c1ccc(F)cc1)c1ccc(Cl)cc1. The van der Waals surface area contributed by atoms with Crippen molar-refractivity contribution < 1.29 is 9.18 Å². The summed E-state index contributed by atoms with van der Waals surface area (Å²) in [5.41, 5.74) is 8.58. The van der Waals surface area contributed by atoms with Gasteiger partial charge in [-0.15, -0.1) is 0 Å². The van der Waals surface area contributed by atoms with Crippen LogP contribution in [0.4, 0.5) is 4.39 Å². The van der Waals surface area contributed by atoms with Gasteiger partial charge in [-0.3, -0.25) is 15.6 Å². The highest BCUT2D eigenvalue weighted by Crippen LogP contribution is 2.29. The van der Waals surface area contributed by atoms with E-state index >= 15 is 0 Å². The summed E-state index contributed by atoms with van der Waals surface area (Å²) in [4.78, 5) is 12.3. The summed E-state index contributed by atoms with van der Waals surface area (Å²) in [6.45, 7) is 4.84. The Balaban J connectivity index is 1.56. The van der Waals surface area contributed by atoms with Gasteiger partial charge in [0.2, 0.25) is 5.91 Å². The molecule has 4 nitrogen and oxygen atoms in total. The Morgan fingerprint density at radius 2 is 1.59 bits per heavy atom. The van der Waals surface area contributed by atoms with E-state index in [1.165, 1.54) is 12.1 Å². The highest BCUT2D eigenvalue weighted by Gasteiger charge is 2.29. The van der Waals surface area contributed by atoms with E-state index in [1.54, 1.807) is 12.1 Å². The molecular weight excluding hydrogens is 389 g/mol. The number of hydrazine groups is 1. The van der Waals surface area contributed by atoms with Gasteiger partial charge >= 0.3 is 0 Å². The molecule has 2 aromatic carbocycles. The van der Waals surface area contributed by atoms with Crippen LogP contribution in [0, 0.1) is 11.7 Å². The maximum Gasteiger partial charge on any atom is 0.220 e. The summed E-state index contributed by atoms with van der Waals surface area (Å²) >= 11 is 6.02. The van der Waals surface area contributed by atoms with Crippen LogP contribution in [0.5, 0.6) is 0 Å². The highest BCUT2D eigenvalue weighted by atomic mass is 35.5. The highest BCUT2D eigenvalue weighted by molar-refractivity contribution is 6.30. The summed E-state index contributed by atoms with van der Waals surface area (Å²) in [6, 6.07) is 15.0. The van der Waals surface area contributed by atoms with Gasteiger partial charge in [-0.25, -0.2) is 4.39 Å². The van der Waals surface area contributed by atoms with Crippen LogP contribution >= 0.6 is 11.6 Å². The van der Waals surface area contributed by atoms with E-state index < -0.39 is 0 Å². The quantitative estimate of drug-likeness (QED) is 0.596. The molecule has 0 bridgehead atoms. The van der Waals surface area contributed by atoms with Gasteiger partial charge in [0, 0.05) is 36.0 Å². The Morgan fingerprint density at radius 3 is 2.17 bits per heavy atom. The molecule has 6 heteroatoms. The molecule has 0 saturated carbocycles. The van der Waals surface area contributed by atoms with Crippen molar-refractivity contribution in [1.29, 1.82) is 0 Å². The number of hydrogen-bond donors (Lipinski definition) is 3. The molecule has 1 fully saturated rings. The summed E-state index contributed by atoms with van der Waals surface area (Å²) in [5.74, 6) is 0.333. The first-order valence-corrected chi connectivity index (χ1v) is 10.6. The van der Waals surface area contributed by atoms with Crippen molar-refractivity contribution in [2.45, 2.75) is 51.1 Å². The molecule has 1 amide bonds. The molecular formula is C23H29ClFN3O. The number of hydrogen-bond acceptors (Lipinski definition) is 3. The Kier molecular flexibility index (Phi) is 7.64. The second-order valence-corrected chi connectivity index (χ2v) is 8.30. The lowest BCUT2D eigenvalue weighted by molar-refractivity contribution is -0.121. The smallest absolute Gasteiger partial charge is 0.220 e. The van der Waals surface area contributed by atoms with Crippen LogP contribution in [0.3, 0.4) is 0 Å². The summed E-state index contributed by atoms with van der Waals surface area (Å²) in [6.07, 6.45) is 2.11. The third-order valence-electron chi connectivity index (χ3n) is 5.83. The zero-order chi connectivity index (χ0) is 20.8. The van der Waals surface area contributed by atoms with Gasteiger partial charge < -0.3 is 5.32 Å². The maximum atomic E-state index is 13.3. The van der Waals surface area contributed by atoms with Crippen molar-refractivity contribution in [3.63, 3.8) is 0 Å². The Morgan fingerprint density at radius 1 is 1.03 bits per heavy atom. The molecule has 0 aliphatic carbocycles. The number of nitrogens with one attached hydrogen (secondary N) is 3. The van der Waals surface area contributed by atoms with E-state index in [0.717, 1.165) is 24.0 Å². The van der Waals surface area contributed by atoms with Crippen molar-refractivity contribution in [3.05, 3.63) is 70.5 Å². The number of amides is 1. The summed E-state index contributed by atoms with van der Waals surface area (Å²) < 4.78 is 13.3. The molecule has 3 rings (SSSR count). The fourth-order valence-electron chi connectivity index (χ4n) is 4.07. The van der Waals surface area contributed by atoms with Gasteiger partial charge in [0.1, 0.15) is 5.82 Å². The molecule has 3 unspecified atom stereocenters. The molecule has 1 aliphatic heterocycles. The Labute approximate surface area is 177 Å². The van der Waals surface area contributed by atoms with Gasteiger partial charge in [0.15, 0.2) is 0 Å². The van der Waals surface area contributed by atoms with Gasteiger partial charge in [0.05, 0.1) is 0 Å². The molecule has 156 valence electrons. The number of halogens is 2. The molecule has 2 aromatic rings. The number of rotatable bonds is 8. The molecule has 0 aromatic heterocycles. The van der Waals surface area contributed by atoms with Crippen LogP contribution in [0.1, 0.15) is 50.2 Å². The molecule has 0 radical (unpaired) electrons. The monoisotopic (exact) mass is 417 g/mol. The fourth-order valence-corrected chi connectivity index (χ4v) is 4.19. The average Bonchev–Trinajstić information content (AvgIpc) is 3.03. The van der Waals surface area contributed by atoms with Crippen LogP contribution in [0.25, 0.3) is 0 Å². The first kappa shape index (κ1) is 21.8. The normalized spacial score (nSPS) is 22.4. The average molecular weight is 418 g/mol. The van der Waals surface area contributed by atoms with Crippen LogP contribution in [0.15, 0.2) is 48.5 Å². The minimum Gasteiger partial charge on any atom is -0.356 e. The van der Waals surface area contributed by atoms with Gasteiger partial charge in [-0.05, 0) is 68.0 Å². The number of benzene rings is 2. The van der Waals surface area contributed by atoms with Crippen molar-refractivity contribution >= 4 is 17.5 Å². The topological polar surface area (TPSA) is 53.2 Å². The van der Waals surface area contributed by atoms with E-state index in [1.807, 2.05) is 24.3 Å². The predicted octanol–water partition coefficient (Wildman–Crippen LogP) is 4.40. The standard InChI is InChI=1S/C23H29ClFN3O/c1-15-21(16(2)28-27-15)11-12-23(29)26-14-13-22(17-3-7-19(24)8-4-17)18-5-9-20(25)10-6-18/h3-10,15-16,21-22,27-28H,11-14H2,1-2H3,(H,26,29). The van der Waals surface area contributed by atoms with E-state index in [0.29, 0.717) is 36.0 Å². The second-order valence-electron chi connectivity index (χ2n) is 7.86. The zero-order valence-electron chi connectivity index (χ0n) is 16.9. The van der Waals surface area contributed by atoms with E-state index in [-0.39, 0.29) is 17.6 Å². The van der Waals surface area contributed by atoms with Gasteiger partial charge in [-0.2, -0.15) is 0 Å². The summed E-state index contributed by atoms with van der Waals surface area (Å²) in [5, 5.41) is 3.73. The largest absolute Gasteiger partial charge is 0.356 e. The predicted molar refractivity (Wildman–Crippen MR) is 115 cm³/mol. The Hall–Kier alpha value is -1.95. The van der Waals surface area contributed by atoms with Crippen molar-refractivity contribution in [1.82, 2.24) is 16.2 Å². The Bertz CT molecular complexity index is 741. The van der Waals surface area contributed by atoms with Crippen LogP contribution in [-0.4, -0.2) is 24.5 Å². The minimum absolute atomic E-state index is 0.0662. The molecule has 1 aliphatic rings. The van der Waals surface area contributed by atoms with Gasteiger partial charge in [0.25, 0.3) is 0 Å². The van der Waals surface area contributed by atoms with E-state index in [2.05, 4.69) is 30.0 Å². The van der Waals surface area contributed by atoms with E-state index in [9.17, 15) is 9.18 Å². The molecule has 0 spiro atoms. The van der Waals surface area contributed by atoms with Crippen LogP contribution in [-0.2, 0) is 4.79 Å². The molecule has 1 saturated heterocycles. The lowest BCUT2D eigenvalue weighted by Crippen LogP contribution is -2.30. The van der Waals surface area contributed by atoms with Crippen molar-refractivity contribution in [2.75, 3.05) is 6.54 Å². The number of carbonyl (C=O) groups is 1. The fraction of sp³-hybridized carbons (Fsp3) is 0.435. The van der Waals surface area contributed by atoms with Crippen molar-refractivity contribution in [2.24, 2.45) is 5.92 Å². The molecule has 3 N–H and O–H groups in total. The van der Waals surface area contributed by atoms with Crippen molar-refractivity contribution in [3.8, 4) is 0 Å². The van der Waals surface area contributed by atoms with Crippen LogP contribution in [0.2, 0.25) is 5.02 Å². The molecule has 3 atom stereocenters. The van der Waals surface area contributed by atoms with Crippen LogP contribution < -0.4 is 16.2 Å². The first-order chi connectivity index (χ1) is 13.9. The van der Waals surface area contributed by atoms with Gasteiger partial charge in [-0.1, -0.05) is 35.9 Å². The van der Waals surface area contributed by atoms with E-state index in [4.69, 9.17) is 11.6 Å². The zero-order valence-corrected chi connectivity index (χ0v) is 17.7. The second kappa shape index (κ2) is 10.2. The molecule has 1 heterocycles. The summed E-state index contributed by atoms with van der Waals surface area (Å²) in [7, 11) is 0. The maximum absolute atomic E-state index is 13.3. The lowest BCUT2D eigenvalue weighted by atomic mass is 9.88. The lowest BCUT2D eigenvalue weighted by Gasteiger charge is -2.20. The third-order valence-corrected chi connectivity index (χ3v) is 6.08.